The van der Waals surface area contributed by atoms with Gasteiger partial charge in [-0.2, -0.15) is 35.9 Å². The van der Waals surface area contributed by atoms with Gasteiger partial charge >= 0.3 is 37.9 Å². The van der Waals surface area contributed by atoms with Gasteiger partial charge in [0.2, 0.25) is 22.6 Å². The second-order valence-electron chi connectivity index (χ2n) is 10.3. The summed E-state index contributed by atoms with van der Waals surface area (Å²) >= 11 is -0.826. The zero-order chi connectivity index (χ0) is 24.7. The average Bonchev–Trinajstić information content (AvgIpc) is 3.18. The van der Waals surface area contributed by atoms with Gasteiger partial charge < -0.3 is 8.85 Å². The molecular formula is C24H42Cl2O2Si2Zr. The van der Waals surface area contributed by atoms with Gasteiger partial charge in [0.25, 0.3) is 0 Å². The maximum Gasteiger partial charge on any atom is -0.172 e. The molecule has 0 aliphatic carbocycles. The maximum atomic E-state index is 6.00. The standard InChI is InChI=1S/C12H28O2Si2.C7H9.C5H5.2ClH.Zr/c1-12(2,3)10-11(13-15(4,5)6)14-16(7,8)9;1-6-3-4-7(2)5-6;1-2-4-5-3-1;;;/h10H,1-9H3;3-5H,1-2H3;1-5H;2*1H;/q;2*-1;;;+4/p-2. The average molecular weight is 581 g/mol. The van der Waals surface area contributed by atoms with E-state index in [4.69, 9.17) is 25.9 Å². The molecule has 176 valence electrons. The number of hydrogen-bond acceptors (Lipinski definition) is 2. The zero-order valence-electron chi connectivity index (χ0n) is 21.3. The first-order valence-corrected chi connectivity index (χ1v) is 23.6. The number of halogens is 2. The van der Waals surface area contributed by atoms with E-state index >= 15 is 0 Å². The van der Waals surface area contributed by atoms with Crippen molar-refractivity contribution in [1.29, 1.82) is 0 Å². The predicted molar refractivity (Wildman–Crippen MR) is 142 cm³/mol. The van der Waals surface area contributed by atoms with Crippen molar-refractivity contribution in [3.8, 4) is 0 Å². The number of allylic oxidation sites excluding steroid dienone is 1. The van der Waals surface area contributed by atoms with Crippen LogP contribution in [0.5, 0.6) is 0 Å². The number of hydrogen-bond donors (Lipinski definition) is 0. The van der Waals surface area contributed by atoms with E-state index in [1.54, 1.807) is 0 Å². The Morgan fingerprint density at radius 1 is 1.00 bits per heavy atom. The van der Waals surface area contributed by atoms with Gasteiger partial charge in [0.05, 0.1) is 0 Å². The molecule has 0 saturated carbocycles. The van der Waals surface area contributed by atoms with Crippen LogP contribution < -0.4 is 0 Å². The van der Waals surface area contributed by atoms with Gasteiger partial charge in [0.1, 0.15) is 0 Å². The van der Waals surface area contributed by atoms with Gasteiger partial charge in [0, 0.05) is 0 Å². The summed E-state index contributed by atoms with van der Waals surface area (Å²) < 4.78 is 12.0. The van der Waals surface area contributed by atoms with Gasteiger partial charge in [-0.15, -0.1) is 0 Å². The van der Waals surface area contributed by atoms with Crippen LogP contribution in [0.1, 0.15) is 31.9 Å². The Hall–Kier alpha value is -0.0631. The van der Waals surface area contributed by atoms with Gasteiger partial charge in [-0.05, 0) is 50.8 Å². The van der Waals surface area contributed by atoms with E-state index in [-0.39, 0.29) is 5.41 Å². The molecule has 0 fully saturated rings. The fourth-order valence-corrected chi connectivity index (χ4v) is 3.57. The molecule has 7 heteroatoms. The third-order valence-electron chi connectivity index (χ3n) is 2.98. The molecule has 0 saturated heterocycles. The Bertz CT molecular complexity index is 641. The van der Waals surface area contributed by atoms with E-state index in [1.165, 1.54) is 11.1 Å². The van der Waals surface area contributed by atoms with Crippen molar-refractivity contribution in [3.05, 3.63) is 71.7 Å². The molecule has 0 atom stereocenters. The molecule has 0 unspecified atom stereocenters. The van der Waals surface area contributed by atoms with Crippen molar-refractivity contribution in [2.24, 2.45) is 5.41 Å². The molecule has 2 aromatic carbocycles. The minimum Gasteiger partial charge on any atom is -0.214 e. The van der Waals surface area contributed by atoms with E-state index in [0.29, 0.717) is 0 Å². The second kappa shape index (κ2) is 16.5. The molecular weight excluding hydrogens is 539 g/mol. The Labute approximate surface area is 213 Å². The van der Waals surface area contributed by atoms with Crippen molar-refractivity contribution >= 4 is 33.7 Å². The minimum atomic E-state index is -1.59. The van der Waals surface area contributed by atoms with Gasteiger partial charge in [0.15, 0.2) is 0 Å². The van der Waals surface area contributed by atoms with Crippen LogP contribution in [0, 0.1) is 19.3 Å². The largest absolute Gasteiger partial charge is 0.214 e. The number of aryl methyl sites for hydroxylation is 2. The van der Waals surface area contributed by atoms with Gasteiger partial charge in [-0.1, -0.05) is 34.6 Å². The van der Waals surface area contributed by atoms with Crippen LogP contribution >= 0.6 is 17.0 Å². The fraction of sp³-hybridized carbons (Fsp3) is 0.500. The fourth-order valence-electron chi connectivity index (χ4n) is 2.08. The first kappa shape index (κ1) is 33.1. The third kappa shape index (κ3) is 27.9. The summed E-state index contributed by atoms with van der Waals surface area (Å²) in [4.78, 5) is 0. The Morgan fingerprint density at radius 2 is 1.42 bits per heavy atom. The topological polar surface area (TPSA) is 18.5 Å². The van der Waals surface area contributed by atoms with Crippen LogP contribution in [0.3, 0.4) is 0 Å². The molecule has 0 aliphatic rings. The van der Waals surface area contributed by atoms with Crippen LogP contribution in [0.2, 0.25) is 39.3 Å². The summed E-state index contributed by atoms with van der Waals surface area (Å²) in [5.41, 5.74) is 2.81. The van der Waals surface area contributed by atoms with Crippen LogP contribution in [0.25, 0.3) is 0 Å². The molecule has 0 aromatic heterocycles. The van der Waals surface area contributed by atoms with Crippen molar-refractivity contribution < 1.29 is 29.7 Å². The summed E-state index contributed by atoms with van der Waals surface area (Å²) in [6, 6.07) is 16.4. The minimum absolute atomic E-state index is 0.0919. The van der Waals surface area contributed by atoms with Crippen molar-refractivity contribution in [1.82, 2.24) is 0 Å². The molecule has 0 spiro atoms. The van der Waals surface area contributed by atoms with Crippen molar-refractivity contribution in [2.75, 3.05) is 0 Å². The Kier molecular flexibility index (Phi) is 17.7. The van der Waals surface area contributed by atoms with Gasteiger partial charge in [-0.25, -0.2) is 23.8 Å². The molecule has 0 aliphatic heterocycles. The second-order valence-corrected chi connectivity index (χ2v) is 22.8. The molecule has 2 aromatic rings. The third-order valence-corrected chi connectivity index (χ3v) is 4.61. The number of rotatable bonds is 4. The van der Waals surface area contributed by atoms with Crippen LogP contribution in [-0.2, 0) is 29.7 Å². The zero-order valence-corrected chi connectivity index (χ0v) is 27.2. The molecule has 0 radical (unpaired) electrons. The monoisotopic (exact) mass is 578 g/mol. The molecule has 2 nitrogen and oxygen atoms in total. The maximum absolute atomic E-state index is 6.00. The molecule has 0 N–H and O–H groups in total. The summed E-state index contributed by atoms with van der Waals surface area (Å²) in [6.07, 6.45) is 2.10. The predicted octanol–water partition coefficient (Wildman–Crippen LogP) is 9.38. The van der Waals surface area contributed by atoms with E-state index in [0.717, 1.165) is 5.95 Å². The van der Waals surface area contributed by atoms with E-state index < -0.39 is 37.5 Å². The molecule has 2 rings (SSSR count). The summed E-state index contributed by atoms with van der Waals surface area (Å²) in [6.45, 7) is 23.8. The molecule has 31 heavy (non-hydrogen) atoms. The van der Waals surface area contributed by atoms with Gasteiger partial charge in [-0.3, -0.25) is 0 Å². The van der Waals surface area contributed by atoms with Crippen molar-refractivity contribution in [3.63, 3.8) is 0 Å². The van der Waals surface area contributed by atoms with Crippen molar-refractivity contribution in [2.45, 2.75) is 73.9 Å². The quantitative estimate of drug-likeness (QED) is 0.204. The van der Waals surface area contributed by atoms with E-state index in [2.05, 4.69) is 98.2 Å². The first-order chi connectivity index (χ1) is 14.0. The molecule has 0 heterocycles. The SMILES string of the molecule is CC(C)(C)C=C(O[Si](C)(C)C)O[Si](C)(C)C.Cc1cc[c-](C)c1.[Cl][Zr+2][Cl].c1cc[cH-]c1. The normalized spacial score (nSPS) is 10.6. The molecule has 0 amide bonds. The summed E-state index contributed by atoms with van der Waals surface area (Å²) in [7, 11) is 6.69. The summed E-state index contributed by atoms with van der Waals surface area (Å²) in [5, 5.41) is 0. The van der Waals surface area contributed by atoms with Crippen LogP contribution in [0.4, 0.5) is 0 Å². The summed E-state index contributed by atoms with van der Waals surface area (Å²) in [5.74, 6) is 0.742. The Morgan fingerprint density at radius 3 is 1.58 bits per heavy atom. The van der Waals surface area contributed by atoms with Crippen LogP contribution in [0.15, 0.2) is 60.6 Å². The smallest absolute Gasteiger partial charge is 0.172 e. The first-order valence-electron chi connectivity index (χ1n) is 10.4. The Balaban J connectivity index is 0. The van der Waals surface area contributed by atoms with E-state index in [1.807, 2.05) is 30.3 Å². The van der Waals surface area contributed by atoms with E-state index in [9.17, 15) is 0 Å². The van der Waals surface area contributed by atoms with Crippen LogP contribution in [-0.4, -0.2) is 16.6 Å². The molecule has 0 bridgehead atoms.